The minimum absolute atomic E-state index is 0.141. The van der Waals surface area contributed by atoms with Crippen molar-refractivity contribution in [1.82, 2.24) is 5.32 Å². The standard InChI is InChI=1S/C26H29N3O3/c1-28(2)21-16-14-19(15-17-21)24(25(30)27-20-9-6-7-10-20)29(22-11-4-3-5-12-22)26(31)23-13-8-18-32-23/h3-5,8,11-18,20,24H,6-7,9-10H2,1-2H3,(H,27,30). The Labute approximate surface area is 188 Å². The van der Waals surface area contributed by atoms with Crippen LogP contribution in [0.1, 0.15) is 47.8 Å². The lowest BCUT2D eigenvalue weighted by molar-refractivity contribution is -0.123. The zero-order valence-corrected chi connectivity index (χ0v) is 18.5. The fraction of sp³-hybridized carbons (Fsp3) is 0.308. The Kier molecular flexibility index (Phi) is 6.59. The van der Waals surface area contributed by atoms with Crippen LogP contribution in [0.25, 0.3) is 0 Å². The van der Waals surface area contributed by atoms with E-state index in [9.17, 15) is 9.59 Å². The molecule has 1 aliphatic carbocycles. The molecule has 166 valence electrons. The monoisotopic (exact) mass is 431 g/mol. The van der Waals surface area contributed by atoms with Crippen molar-refractivity contribution in [2.24, 2.45) is 0 Å². The van der Waals surface area contributed by atoms with Crippen LogP contribution in [0.3, 0.4) is 0 Å². The van der Waals surface area contributed by atoms with Crippen LogP contribution < -0.4 is 15.1 Å². The molecular formula is C26H29N3O3. The Morgan fingerprint density at radius 2 is 1.59 bits per heavy atom. The molecule has 32 heavy (non-hydrogen) atoms. The lowest BCUT2D eigenvalue weighted by atomic mass is 10.0. The molecule has 6 heteroatoms. The molecule has 1 aliphatic rings. The summed E-state index contributed by atoms with van der Waals surface area (Å²) < 4.78 is 5.42. The van der Waals surface area contributed by atoms with E-state index in [0.29, 0.717) is 5.69 Å². The van der Waals surface area contributed by atoms with Gasteiger partial charge in [-0.2, -0.15) is 0 Å². The second kappa shape index (κ2) is 9.73. The molecule has 1 aromatic heterocycles. The number of anilines is 2. The first-order valence-corrected chi connectivity index (χ1v) is 11.0. The highest BCUT2D eigenvalue weighted by Gasteiger charge is 2.35. The summed E-state index contributed by atoms with van der Waals surface area (Å²) in [6.45, 7) is 0. The maximum absolute atomic E-state index is 13.7. The van der Waals surface area contributed by atoms with Crippen LogP contribution in [0.5, 0.6) is 0 Å². The molecule has 0 aliphatic heterocycles. The molecule has 1 unspecified atom stereocenters. The summed E-state index contributed by atoms with van der Waals surface area (Å²) in [6.07, 6.45) is 5.63. The summed E-state index contributed by atoms with van der Waals surface area (Å²) in [5, 5.41) is 3.19. The second-order valence-corrected chi connectivity index (χ2v) is 8.37. The molecular weight excluding hydrogens is 402 g/mol. The molecule has 2 aromatic carbocycles. The lowest BCUT2D eigenvalue weighted by Crippen LogP contribution is -2.46. The summed E-state index contributed by atoms with van der Waals surface area (Å²) in [5.74, 6) is -0.347. The number of carbonyl (C=O) groups is 2. The molecule has 2 amide bonds. The van der Waals surface area contributed by atoms with Gasteiger partial charge in [0.25, 0.3) is 5.91 Å². The van der Waals surface area contributed by atoms with Gasteiger partial charge in [0.1, 0.15) is 6.04 Å². The van der Waals surface area contributed by atoms with E-state index in [0.717, 1.165) is 36.9 Å². The Morgan fingerprint density at radius 3 is 2.19 bits per heavy atom. The van der Waals surface area contributed by atoms with Crippen LogP contribution in [0.15, 0.2) is 77.4 Å². The normalized spacial score (nSPS) is 14.7. The third-order valence-corrected chi connectivity index (χ3v) is 5.92. The first-order chi connectivity index (χ1) is 15.5. The van der Waals surface area contributed by atoms with Crippen molar-refractivity contribution in [1.29, 1.82) is 0 Å². The smallest absolute Gasteiger partial charge is 0.294 e. The Hall–Kier alpha value is -3.54. The largest absolute Gasteiger partial charge is 0.459 e. The molecule has 1 saturated carbocycles. The van der Waals surface area contributed by atoms with Crippen molar-refractivity contribution < 1.29 is 14.0 Å². The van der Waals surface area contributed by atoms with E-state index in [1.165, 1.54) is 11.2 Å². The number of nitrogens with zero attached hydrogens (tertiary/aromatic N) is 2. The van der Waals surface area contributed by atoms with Gasteiger partial charge in [-0.1, -0.05) is 43.2 Å². The number of furan rings is 1. The predicted molar refractivity (Wildman–Crippen MR) is 126 cm³/mol. The lowest BCUT2D eigenvalue weighted by Gasteiger charge is -2.32. The van der Waals surface area contributed by atoms with Gasteiger partial charge in [0.15, 0.2) is 5.76 Å². The highest BCUT2D eigenvalue weighted by molar-refractivity contribution is 6.08. The summed E-state index contributed by atoms with van der Waals surface area (Å²) in [5.41, 5.74) is 2.40. The minimum atomic E-state index is -0.827. The summed E-state index contributed by atoms with van der Waals surface area (Å²) in [6, 6.07) is 19.7. The molecule has 0 radical (unpaired) electrons. The van der Waals surface area contributed by atoms with Gasteiger partial charge in [-0.3, -0.25) is 14.5 Å². The van der Waals surface area contributed by atoms with Crippen molar-refractivity contribution in [3.8, 4) is 0 Å². The third-order valence-electron chi connectivity index (χ3n) is 5.92. The average molecular weight is 432 g/mol. The number of benzene rings is 2. The number of para-hydroxylation sites is 1. The Morgan fingerprint density at radius 1 is 0.906 bits per heavy atom. The van der Waals surface area contributed by atoms with Crippen LogP contribution in [-0.2, 0) is 4.79 Å². The van der Waals surface area contributed by atoms with Crippen LogP contribution in [-0.4, -0.2) is 32.0 Å². The fourth-order valence-corrected chi connectivity index (χ4v) is 4.21. The van der Waals surface area contributed by atoms with Crippen LogP contribution >= 0.6 is 0 Å². The van der Waals surface area contributed by atoms with E-state index < -0.39 is 6.04 Å². The van der Waals surface area contributed by atoms with Crippen LogP contribution in [0.4, 0.5) is 11.4 Å². The van der Waals surface area contributed by atoms with Crippen molar-refractivity contribution in [2.75, 3.05) is 23.9 Å². The van der Waals surface area contributed by atoms with E-state index in [1.54, 1.807) is 12.1 Å². The maximum atomic E-state index is 13.7. The molecule has 1 atom stereocenters. The van der Waals surface area contributed by atoms with Gasteiger partial charge < -0.3 is 14.6 Å². The van der Waals surface area contributed by atoms with Crippen molar-refractivity contribution in [3.05, 3.63) is 84.3 Å². The topological polar surface area (TPSA) is 65.8 Å². The highest BCUT2D eigenvalue weighted by Crippen LogP contribution is 2.31. The predicted octanol–water partition coefficient (Wildman–Crippen LogP) is 4.79. The minimum Gasteiger partial charge on any atom is -0.459 e. The fourth-order valence-electron chi connectivity index (χ4n) is 4.21. The number of hydrogen-bond acceptors (Lipinski definition) is 4. The van der Waals surface area contributed by atoms with E-state index in [-0.39, 0.29) is 23.6 Å². The molecule has 4 rings (SSSR count). The van der Waals surface area contributed by atoms with Crippen molar-refractivity contribution in [2.45, 2.75) is 37.8 Å². The molecule has 6 nitrogen and oxygen atoms in total. The van der Waals surface area contributed by atoms with E-state index in [1.807, 2.05) is 73.6 Å². The number of hydrogen-bond donors (Lipinski definition) is 1. The van der Waals surface area contributed by atoms with Gasteiger partial charge in [0, 0.05) is 31.5 Å². The van der Waals surface area contributed by atoms with Gasteiger partial charge in [-0.05, 0) is 54.8 Å². The number of rotatable bonds is 7. The van der Waals surface area contributed by atoms with Crippen molar-refractivity contribution in [3.63, 3.8) is 0 Å². The van der Waals surface area contributed by atoms with Crippen LogP contribution in [0.2, 0.25) is 0 Å². The molecule has 3 aromatic rings. The summed E-state index contributed by atoms with van der Waals surface area (Å²) in [4.78, 5) is 30.8. The van der Waals surface area contributed by atoms with Gasteiger partial charge in [-0.15, -0.1) is 0 Å². The first kappa shape index (κ1) is 21.7. The second-order valence-electron chi connectivity index (χ2n) is 8.37. The molecule has 1 N–H and O–H groups in total. The quantitative estimate of drug-likeness (QED) is 0.584. The van der Waals surface area contributed by atoms with E-state index >= 15 is 0 Å². The number of nitrogens with one attached hydrogen (secondary N) is 1. The summed E-state index contributed by atoms with van der Waals surface area (Å²) in [7, 11) is 3.94. The average Bonchev–Trinajstić information content (AvgIpc) is 3.52. The SMILES string of the molecule is CN(C)c1ccc(C(C(=O)NC2CCCC2)N(C(=O)c2ccco2)c2ccccc2)cc1. The van der Waals surface area contributed by atoms with Gasteiger partial charge in [-0.25, -0.2) is 0 Å². The molecule has 0 saturated heterocycles. The number of amides is 2. The molecule has 1 fully saturated rings. The van der Waals surface area contributed by atoms with Gasteiger partial charge in [0.2, 0.25) is 5.91 Å². The molecule has 1 heterocycles. The van der Waals surface area contributed by atoms with Gasteiger partial charge in [0.05, 0.1) is 6.26 Å². The highest BCUT2D eigenvalue weighted by atomic mass is 16.3. The Bertz CT molecular complexity index is 1020. The summed E-state index contributed by atoms with van der Waals surface area (Å²) >= 11 is 0. The number of carbonyl (C=O) groups excluding carboxylic acids is 2. The van der Waals surface area contributed by atoms with Crippen molar-refractivity contribution >= 4 is 23.2 Å². The zero-order valence-electron chi connectivity index (χ0n) is 18.5. The first-order valence-electron chi connectivity index (χ1n) is 11.0. The maximum Gasteiger partial charge on any atom is 0.294 e. The molecule has 0 bridgehead atoms. The van der Waals surface area contributed by atoms with Crippen LogP contribution in [0, 0.1) is 0 Å². The third kappa shape index (κ3) is 4.69. The van der Waals surface area contributed by atoms with E-state index in [2.05, 4.69) is 5.32 Å². The zero-order chi connectivity index (χ0) is 22.5. The van der Waals surface area contributed by atoms with E-state index in [4.69, 9.17) is 4.42 Å². The molecule has 0 spiro atoms. The Balaban J connectivity index is 1.78. The van der Waals surface area contributed by atoms with Gasteiger partial charge >= 0.3 is 0 Å².